The van der Waals surface area contributed by atoms with Crippen molar-refractivity contribution < 1.29 is 19.4 Å². The largest absolute Gasteiger partial charge is 0.452 e. The molecule has 1 aromatic rings. The van der Waals surface area contributed by atoms with E-state index >= 15 is 0 Å². The summed E-state index contributed by atoms with van der Waals surface area (Å²) in [6.07, 6.45) is 3.84. The molecule has 0 radical (unpaired) electrons. The van der Waals surface area contributed by atoms with E-state index in [1.165, 1.54) is 7.11 Å². The van der Waals surface area contributed by atoms with E-state index in [0.29, 0.717) is 19.4 Å². The first kappa shape index (κ1) is 15.9. The average Bonchev–Trinajstić information content (AvgIpc) is 3.23. The Hall–Kier alpha value is -1.92. The minimum Gasteiger partial charge on any atom is -0.452 e. The van der Waals surface area contributed by atoms with E-state index in [9.17, 15) is 14.7 Å². The summed E-state index contributed by atoms with van der Waals surface area (Å²) < 4.78 is 5.22. The number of methoxy groups -OCH3 is 1. The third-order valence-corrected chi connectivity index (χ3v) is 9.48. The number of para-hydroxylation sites is 1. The zero-order chi connectivity index (χ0) is 19.1. The molecule has 6 nitrogen and oxygen atoms in total. The first-order valence-electron chi connectivity index (χ1n) is 10.5. The van der Waals surface area contributed by atoms with Gasteiger partial charge in [-0.1, -0.05) is 18.2 Å². The molecule has 4 bridgehead atoms. The van der Waals surface area contributed by atoms with Crippen LogP contribution in [0.2, 0.25) is 0 Å². The summed E-state index contributed by atoms with van der Waals surface area (Å²) in [7, 11) is 1.39. The highest BCUT2D eigenvalue weighted by Gasteiger charge is 2.93. The molecule has 146 valence electrons. The van der Waals surface area contributed by atoms with Gasteiger partial charge in [0.25, 0.3) is 0 Å². The minimum atomic E-state index is -1.48. The van der Waals surface area contributed by atoms with Crippen LogP contribution in [0.3, 0.4) is 0 Å². The van der Waals surface area contributed by atoms with Crippen LogP contribution in [-0.4, -0.2) is 59.3 Å². The molecule has 4 saturated carbocycles. The number of fused-ring (bicyclic) bond motifs is 2. The van der Waals surface area contributed by atoms with Gasteiger partial charge in [-0.3, -0.25) is 14.6 Å². The maximum atomic E-state index is 13.8. The third kappa shape index (κ3) is 1.16. The van der Waals surface area contributed by atoms with Crippen LogP contribution in [0.5, 0.6) is 0 Å². The van der Waals surface area contributed by atoms with Crippen LogP contribution in [0.15, 0.2) is 24.3 Å². The number of piperidine rings is 1. The highest BCUT2D eigenvalue weighted by Crippen LogP contribution is 2.81. The number of nitrogens with zero attached hydrogens (tertiary/aromatic N) is 2. The van der Waals surface area contributed by atoms with Crippen LogP contribution in [-0.2, 0) is 14.9 Å². The van der Waals surface area contributed by atoms with Crippen molar-refractivity contribution in [2.24, 2.45) is 11.3 Å². The number of ketones is 1. The van der Waals surface area contributed by atoms with Gasteiger partial charge in [0.1, 0.15) is 5.60 Å². The third-order valence-electron chi connectivity index (χ3n) is 9.48. The number of carbonyl (C=O) groups excluding carboxylic acids is 2. The first-order chi connectivity index (χ1) is 13.5. The molecule has 1 N–H and O–H groups in total. The quantitative estimate of drug-likeness (QED) is 0.744. The molecule has 0 aromatic heterocycles. The normalized spacial score (nSPS) is 49.4. The van der Waals surface area contributed by atoms with Gasteiger partial charge >= 0.3 is 6.09 Å². The Balaban J connectivity index is 1.65. The molecule has 8 rings (SSSR count). The van der Waals surface area contributed by atoms with Crippen molar-refractivity contribution in [3.63, 3.8) is 0 Å². The van der Waals surface area contributed by atoms with Gasteiger partial charge in [-0.15, -0.1) is 0 Å². The van der Waals surface area contributed by atoms with Gasteiger partial charge in [-0.2, -0.15) is 0 Å². The summed E-state index contributed by atoms with van der Waals surface area (Å²) in [5.74, 6) is -0.287. The lowest BCUT2D eigenvalue weighted by Crippen LogP contribution is -2.82. The van der Waals surface area contributed by atoms with Gasteiger partial charge in [-0.25, -0.2) is 4.79 Å². The lowest BCUT2D eigenvalue weighted by molar-refractivity contribution is -0.194. The van der Waals surface area contributed by atoms with Crippen LogP contribution in [0.1, 0.15) is 37.7 Å². The highest BCUT2D eigenvalue weighted by atomic mass is 16.5. The van der Waals surface area contributed by atoms with Gasteiger partial charge in [-0.05, 0) is 55.7 Å². The number of hydrogen-bond donors (Lipinski definition) is 1. The molecule has 6 atom stereocenters. The lowest BCUT2D eigenvalue weighted by Gasteiger charge is -2.69. The summed E-state index contributed by atoms with van der Waals surface area (Å²) in [6.45, 7) is 1.71. The van der Waals surface area contributed by atoms with Gasteiger partial charge in [0.05, 0.1) is 23.8 Å². The van der Waals surface area contributed by atoms with Crippen molar-refractivity contribution in [2.75, 3.05) is 25.1 Å². The average molecular weight is 380 g/mol. The van der Waals surface area contributed by atoms with E-state index in [0.717, 1.165) is 37.1 Å². The molecule has 3 heterocycles. The molecule has 7 aliphatic rings. The number of carbonyl (C=O) groups is 2. The summed E-state index contributed by atoms with van der Waals surface area (Å²) in [5, 5.41) is 12.1. The number of benzene rings is 1. The van der Waals surface area contributed by atoms with E-state index in [2.05, 4.69) is 11.0 Å². The van der Waals surface area contributed by atoms with E-state index in [4.69, 9.17) is 4.74 Å². The van der Waals surface area contributed by atoms with Gasteiger partial charge in [0, 0.05) is 18.5 Å². The minimum absolute atomic E-state index is 0.0328. The Kier molecular flexibility index (Phi) is 2.45. The summed E-state index contributed by atoms with van der Waals surface area (Å²) in [5.41, 5.74) is -1.04. The number of aliphatic hydroxyl groups is 1. The molecule has 3 spiro atoms. The first-order valence-corrected chi connectivity index (χ1v) is 10.5. The Morgan fingerprint density at radius 1 is 1.25 bits per heavy atom. The zero-order valence-electron chi connectivity index (χ0n) is 16.0. The summed E-state index contributed by atoms with van der Waals surface area (Å²) >= 11 is 0. The number of anilines is 1. The van der Waals surface area contributed by atoms with Crippen LogP contribution in [0.25, 0.3) is 0 Å². The number of rotatable bonds is 0. The molecule has 4 aliphatic carbocycles. The molecule has 3 aliphatic heterocycles. The lowest BCUT2D eigenvalue weighted by atomic mass is 9.40. The Bertz CT molecular complexity index is 979. The molecule has 1 unspecified atom stereocenters. The van der Waals surface area contributed by atoms with Crippen LogP contribution in [0, 0.1) is 11.3 Å². The number of amides is 1. The van der Waals surface area contributed by atoms with Crippen LogP contribution >= 0.6 is 0 Å². The number of hydrogen-bond acceptors (Lipinski definition) is 5. The Morgan fingerprint density at radius 3 is 2.89 bits per heavy atom. The second-order valence-electron chi connectivity index (χ2n) is 9.87. The zero-order valence-corrected chi connectivity index (χ0v) is 16.0. The van der Waals surface area contributed by atoms with E-state index in [1.54, 1.807) is 4.90 Å². The topological polar surface area (TPSA) is 70.1 Å². The van der Waals surface area contributed by atoms with Gasteiger partial charge in [0.2, 0.25) is 0 Å². The van der Waals surface area contributed by atoms with Crippen molar-refractivity contribution >= 4 is 17.6 Å². The van der Waals surface area contributed by atoms with Crippen molar-refractivity contribution in [1.82, 2.24) is 4.90 Å². The van der Waals surface area contributed by atoms with E-state index in [1.807, 2.05) is 18.2 Å². The molecule has 1 amide bonds. The molecule has 6 heteroatoms. The fraction of sp³-hybridized carbons (Fsp3) is 0.636. The fourth-order valence-corrected chi connectivity index (χ4v) is 9.19. The molecule has 1 aromatic carbocycles. The molecular formula is C22H24N2O4. The highest BCUT2D eigenvalue weighted by molar-refractivity contribution is 6.07. The summed E-state index contributed by atoms with van der Waals surface area (Å²) in [6, 6.07) is 8.22. The fourth-order valence-electron chi connectivity index (χ4n) is 9.19. The monoisotopic (exact) mass is 380 g/mol. The number of ether oxygens (including phenoxy) is 1. The van der Waals surface area contributed by atoms with Crippen molar-refractivity contribution in [1.29, 1.82) is 0 Å². The van der Waals surface area contributed by atoms with Crippen molar-refractivity contribution in [2.45, 2.75) is 54.7 Å². The smallest absolute Gasteiger partial charge is 0.414 e. The second kappa shape index (κ2) is 4.31. The predicted molar refractivity (Wildman–Crippen MR) is 100 cm³/mol. The molecule has 2 saturated heterocycles. The van der Waals surface area contributed by atoms with Gasteiger partial charge in [0.15, 0.2) is 5.78 Å². The van der Waals surface area contributed by atoms with Crippen LogP contribution < -0.4 is 4.90 Å². The maximum absolute atomic E-state index is 13.8. The van der Waals surface area contributed by atoms with Crippen LogP contribution in [0.4, 0.5) is 10.5 Å². The second-order valence-corrected chi connectivity index (χ2v) is 9.87. The SMILES string of the molecule is COC(=O)N1c2ccccc2[C@@]23[C@@H]4CN5CCC[C@]6(CC[C@]12C(O)(C6)C4=O)[C@H]53. The Morgan fingerprint density at radius 2 is 2.07 bits per heavy atom. The number of Topliss-reactive ketones (excluding diaryl/α,β-unsaturated/α-hetero) is 1. The standard InChI is InChI=1S/C22H24N2O4/c1-28-18(26)24-15-6-3-2-5-13(15)22-14-11-23-10-4-7-19(17(22)23)8-9-21(22,24)20(27,12-19)16(14)25/h2-3,5-6,14,17,27H,4,7-12H2,1H3/t14-,17+,19-,20?,21-,22+/m1/s1. The summed E-state index contributed by atoms with van der Waals surface area (Å²) in [4.78, 5) is 31.1. The van der Waals surface area contributed by atoms with E-state index in [-0.39, 0.29) is 23.2 Å². The maximum Gasteiger partial charge on any atom is 0.414 e. The van der Waals surface area contributed by atoms with Crippen molar-refractivity contribution in [3.05, 3.63) is 29.8 Å². The van der Waals surface area contributed by atoms with Crippen molar-refractivity contribution in [3.8, 4) is 0 Å². The molecule has 6 fully saturated rings. The predicted octanol–water partition coefficient (Wildman–Crippen LogP) is 1.84. The molecular weight excluding hydrogens is 356 g/mol. The Labute approximate surface area is 163 Å². The van der Waals surface area contributed by atoms with Gasteiger partial charge < -0.3 is 9.84 Å². The molecule has 28 heavy (non-hydrogen) atoms. The van der Waals surface area contributed by atoms with E-state index < -0.39 is 22.6 Å².